The van der Waals surface area contributed by atoms with Crippen LogP contribution in [0, 0.1) is 44.4 Å². The molecule has 3 aromatic carbocycles. The van der Waals surface area contributed by atoms with E-state index in [-0.39, 0.29) is 0 Å². The van der Waals surface area contributed by atoms with Crippen molar-refractivity contribution in [3.05, 3.63) is 124 Å². The van der Waals surface area contributed by atoms with Gasteiger partial charge in [-0.3, -0.25) is 0 Å². The van der Waals surface area contributed by atoms with Crippen LogP contribution in [0.2, 0.25) is 0 Å². The van der Waals surface area contributed by atoms with E-state index in [4.69, 9.17) is 0 Å². The van der Waals surface area contributed by atoms with Crippen LogP contribution in [0.25, 0.3) is 17.2 Å². The first-order valence-electron chi connectivity index (χ1n) is 17.1. The van der Waals surface area contributed by atoms with Crippen molar-refractivity contribution < 1.29 is 0 Å². The van der Waals surface area contributed by atoms with Gasteiger partial charge in [0.05, 0.1) is 0 Å². The van der Waals surface area contributed by atoms with Crippen LogP contribution in [0.5, 0.6) is 0 Å². The Morgan fingerprint density at radius 1 is 0.932 bits per heavy atom. The van der Waals surface area contributed by atoms with Gasteiger partial charge >= 0.3 is 0 Å². The van der Waals surface area contributed by atoms with Crippen LogP contribution in [0.4, 0.5) is 0 Å². The van der Waals surface area contributed by atoms with Crippen molar-refractivity contribution in [1.82, 2.24) is 5.32 Å². The average molecular weight is 588 g/mol. The van der Waals surface area contributed by atoms with Crippen molar-refractivity contribution in [3.8, 4) is 0 Å². The fourth-order valence-corrected chi connectivity index (χ4v) is 7.20. The summed E-state index contributed by atoms with van der Waals surface area (Å²) in [6.45, 7) is 23.5. The van der Waals surface area contributed by atoms with Crippen LogP contribution in [0.15, 0.2) is 79.0 Å². The molecule has 0 amide bonds. The quantitative estimate of drug-likeness (QED) is 0.134. The van der Waals surface area contributed by atoms with E-state index in [1.54, 1.807) is 0 Å². The molecule has 2 unspecified atom stereocenters. The second-order valence-corrected chi connectivity index (χ2v) is 14.3. The molecule has 2 atom stereocenters. The number of rotatable bonds is 11. The summed E-state index contributed by atoms with van der Waals surface area (Å²) in [6.07, 6.45) is 12.4. The van der Waals surface area contributed by atoms with Crippen LogP contribution in [0.3, 0.4) is 0 Å². The van der Waals surface area contributed by atoms with Gasteiger partial charge in [0, 0.05) is 17.8 Å². The van der Waals surface area contributed by atoms with Gasteiger partial charge in [0.2, 0.25) is 0 Å². The van der Waals surface area contributed by atoms with Gasteiger partial charge in [-0.25, -0.2) is 0 Å². The monoisotopic (exact) mass is 587 g/mol. The van der Waals surface area contributed by atoms with Crippen molar-refractivity contribution in [2.75, 3.05) is 0 Å². The second-order valence-electron chi connectivity index (χ2n) is 14.3. The standard InChI is InChI=1S/C43H57N/c1-10-42(43-16-12-14-38(34(43)8)21-29(2)3)35(9)44-28-36-20-19-33(7)40(25-36)27-41(39-15-11-13-30(4)24-39)26-37-22-31(5)17-18-32(6)23-37/h10-16,19-20,24-25,27,29,31-32,37,44H,9,17-18,21-23,26,28H2,1-8H3/b41-27+,42-10-. The molecule has 1 N–H and O–H groups in total. The lowest BCUT2D eigenvalue weighted by Gasteiger charge is -2.21. The molecule has 0 heterocycles. The van der Waals surface area contributed by atoms with Crippen molar-refractivity contribution in [3.63, 3.8) is 0 Å². The zero-order valence-electron chi connectivity index (χ0n) is 28.9. The number of hydrogen-bond acceptors (Lipinski definition) is 1. The predicted molar refractivity (Wildman–Crippen MR) is 194 cm³/mol. The molecule has 4 rings (SSSR count). The lowest BCUT2D eigenvalue weighted by atomic mass is 9.84. The zero-order chi connectivity index (χ0) is 31.8. The van der Waals surface area contributed by atoms with Crippen LogP contribution < -0.4 is 5.32 Å². The van der Waals surface area contributed by atoms with Crippen molar-refractivity contribution >= 4 is 17.2 Å². The summed E-state index contributed by atoms with van der Waals surface area (Å²) in [5, 5.41) is 3.67. The molecule has 1 saturated carbocycles. The third-order valence-electron chi connectivity index (χ3n) is 9.68. The topological polar surface area (TPSA) is 12.0 Å². The predicted octanol–water partition coefficient (Wildman–Crippen LogP) is 11.9. The van der Waals surface area contributed by atoms with Crippen LogP contribution in [0.1, 0.15) is 111 Å². The summed E-state index contributed by atoms with van der Waals surface area (Å²) in [7, 11) is 0. The fourth-order valence-electron chi connectivity index (χ4n) is 7.20. The van der Waals surface area contributed by atoms with Crippen molar-refractivity contribution in [2.45, 2.75) is 100 Å². The minimum Gasteiger partial charge on any atom is -0.381 e. The highest BCUT2D eigenvalue weighted by atomic mass is 14.9. The van der Waals surface area contributed by atoms with Crippen molar-refractivity contribution in [2.24, 2.45) is 23.7 Å². The highest BCUT2D eigenvalue weighted by molar-refractivity contribution is 5.83. The van der Waals surface area contributed by atoms with Gasteiger partial charge < -0.3 is 5.32 Å². The molecule has 0 radical (unpaired) electrons. The number of benzene rings is 3. The maximum absolute atomic E-state index is 4.48. The van der Waals surface area contributed by atoms with E-state index >= 15 is 0 Å². The Bertz CT molecular complexity index is 1470. The van der Waals surface area contributed by atoms with E-state index in [1.165, 1.54) is 81.3 Å². The molecular formula is C43H57N. The zero-order valence-corrected chi connectivity index (χ0v) is 28.9. The Morgan fingerprint density at radius 2 is 1.64 bits per heavy atom. The van der Waals surface area contributed by atoms with E-state index in [0.717, 1.165) is 42.8 Å². The molecule has 234 valence electrons. The summed E-state index contributed by atoms with van der Waals surface area (Å²) < 4.78 is 0. The summed E-state index contributed by atoms with van der Waals surface area (Å²) >= 11 is 0. The maximum atomic E-state index is 4.48. The maximum Gasteiger partial charge on any atom is 0.0401 e. The molecule has 0 aliphatic heterocycles. The number of hydrogen-bond donors (Lipinski definition) is 1. The Balaban J connectivity index is 1.57. The third kappa shape index (κ3) is 9.10. The lowest BCUT2D eigenvalue weighted by molar-refractivity contribution is 0.382. The largest absolute Gasteiger partial charge is 0.381 e. The highest BCUT2D eigenvalue weighted by Gasteiger charge is 2.23. The van der Waals surface area contributed by atoms with Crippen LogP contribution in [-0.2, 0) is 13.0 Å². The normalized spacial score (nSPS) is 19.6. The van der Waals surface area contributed by atoms with Gasteiger partial charge in [-0.1, -0.05) is 119 Å². The summed E-state index contributed by atoms with van der Waals surface area (Å²) in [5.74, 6) is 3.01. The Kier molecular flexibility index (Phi) is 11.9. The molecular weight excluding hydrogens is 530 g/mol. The first-order valence-corrected chi connectivity index (χ1v) is 17.1. The third-order valence-corrected chi connectivity index (χ3v) is 9.68. The second kappa shape index (κ2) is 15.6. The molecule has 1 nitrogen and oxygen atoms in total. The van der Waals surface area contributed by atoms with Crippen LogP contribution in [-0.4, -0.2) is 0 Å². The van der Waals surface area contributed by atoms with E-state index in [0.29, 0.717) is 5.92 Å². The molecule has 0 bridgehead atoms. The smallest absolute Gasteiger partial charge is 0.0401 e. The van der Waals surface area contributed by atoms with Gasteiger partial charge in [-0.15, -0.1) is 0 Å². The molecule has 1 aliphatic rings. The lowest BCUT2D eigenvalue weighted by Crippen LogP contribution is -2.14. The average Bonchev–Trinajstić information content (AvgIpc) is 3.14. The SMILES string of the molecule is C=C(NCc1ccc(C)c(/C=C(\CC2CC(C)CCC(C)C2)c2cccc(C)c2)c1)/C(=C/C)c1cccc(CC(C)C)c1C. The van der Waals surface area contributed by atoms with E-state index < -0.39 is 0 Å². The van der Waals surface area contributed by atoms with Crippen LogP contribution >= 0.6 is 0 Å². The molecule has 0 saturated heterocycles. The number of aryl methyl sites for hydroxylation is 2. The van der Waals surface area contributed by atoms with Gasteiger partial charge in [0.1, 0.15) is 0 Å². The van der Waals surface area contributed by atoms with Gasteiger partial charge in [-0.05, 0) is 128 Å². The number of nitrogens with one attached hydrogen (secondary N) is 1. The molecule has 44 heavy (non-hydrogen) atoms. The molecule has 1 aliphatic carbocycles. The van der Waals surface area contributed by atoms with Crippen molar-refractivity contribution in [1.29, 1.82) is 0 Å². The van der Waals surface area contributed by atoms with E-state index in [2.05, 4.69) is 140 Å². The van der Waals surface area contributed by atoms with E-state index in [9.17, 15) is 0 Å². The Hall–Kier alpha value is -3.32. The van der Waals surface area contributed by atoms with Gasteiger partial charge in [0.15, 0.2) is 0 Å². The summed E-state index contributed by atoms with van der Waals surface area (Å²) in [4.78, 5) is 0. The molecule has 1 heteroatoms. The summed E-state index contributed by atoms with van der Waals surface area (Å²) in [5.41, 5.74) is 14.3. The first kappa shape index (κ1) is 33.6. The van der Waals surface area contributed by atoms with Gasteiger partial charge in [0.25, 0.3) is 0 Å². The molecule has 0 spiro atoms. The Labute approximate surface area is 269 Å². The van der Waals surface area contributed by atoms with Gasteiger partial charge in [-0.2, -0.15) is 0 Å². The minimum absolute atomic E-state index is 0.634. The van der Waals surface area contributed by atoms with E-state index in [1.807, 2.05) is 0 Å². The molecule has 0 aromatic heterocycles. The minimum atomic E-state index is 0.634. The highest BCUT2D eigenvalue weighted by Crippen LogP contribution is 2.38. The molecule has 1 fully saturated rings. The number of allylic oxidation sites excluding steroid dienone is 3. The first-order chi connectivity index (χ1) is 21.0. The summed E-state index contributed by atoms with van der Waals surface area (Å²) in [6, 6.07) is 22.7. The molecule has 3 aromatic rings. The Morgan fingerprint density at radius 3 is 2.30 bits per heavy atom. The fraction of sp³-hybridized carbons (Fsp3) is 0.442.